The molecule has 4 heteroatoms. The van der Waals surface area contributed by atoms with Crippen molar-refractivity contribution in [3.05, 3.63) is 41.5 Å². The summed E-state index contributed by atoms with van der Waals surface area (Å²) in [6, 6.07) is 6.20. The van der Waals surface area contributed by atoms with Crippen LogP contribution in [0.1, 0.15) is 64.4 Å². The summed E-state index contributed by atoms with van der Waals surface area (Å²) < 4.78 is 40.4. The number of benzene rings is 1. The number of aryl methyl sites for hydroxylation is 1. The third-order valence-electron chi connectivity index (χ3n) is 5.07. The van der Waals surface area contributed by atoms with Crippen molar-refractivity contribution in [2.45, 2.75) is 71.6 Å². The van der Waals surface area contributed by atoms with Crippen molar-refractivity contribution in [3.63, 3.8) is 0 Å². The number of hydrogen-bond donors (Lipinski definition) is 0. The fraction of sp³-hybridized carbons (Fsp3) is 0.619. The molecule has 0 aromatic heterocycles. The maximum Gasteiger partial charge on any atom is 0.573 e. The van der Waals surface area contributed by atoms with E-state index in [1.165, 1.54) is 56.2 Å². The van der Waals surface area contributed by atoms with Gasteiger partial charge in [0.05, 0.1) is 0 Å². The van der Waals surface area contributed by atoms with Crippen LogP contribution in [0, 0.1) is 11.8 Å². The Balaban J connectivity index is 1.77. The molecule has 0 saturated heterocycles. The van der Waals surface area contributed by atoms with E-state index >= 15 is 0 Å². The Bertz CT molecular complexity index is 537. The summed E-state index contributed by atoms with van der Waals surface area (Å²) in [7, 11) is 0. The summed E-state index contributed by atoms with van der Waals surface area (Å²) in [5.74, 6) is 1.47. The highest BCUT2D eigenvalue weighted by Crippen LogP contribution is 2.33. The van der Waals surface area contributed by atoms with Gasteiger partial charge in [0.15, 0.2) is 0 Å². The lowest BCUT2D eigenvalue weighted by atomic mass is 9.79. The normalized spacial score (nSPS) is 22.0. The van der Waals surface area contributed by atoms with Crippen LogP contribution in [0.4, 0.5) is 13.2 Å². The van der Waals surface area contributed by atoms with Gasteiger partial charge in [0.2, 0.25) is 0 Å². The van der Waals surface area contributed by atoms with Gasteiger partial charge in [-0.15, -0.1) is 13.2 Å². The van der Waals surface area contributed by atoms with Crippen LogP contribution in [-0.4, -0.2) is 6.36 Å². The van der Waals surface area contributed by atoms with Crippen LogP contribution < -0.4 is 4.74 Å². The number of hydrogen-bond acceptors (Lipinski definition) is 1. The number of allylic oxidation sites excluding steroid dienone is 2. The lowest BCUT2D eigenvalue weighted by Gasteiger charge is -2.27. The summed E-state index contributed by atoms with van der Waals surface area (Å²) in [4.78, 5) is 0. The molecule has 1 aromatic rings. The molecule has 0 amide bonds. The highest BCUT2D eigenvalue weighted by molar-refractivity contribution is 5.28. The molecule has 0 spiro atoms. The van der Waals surface area contributed by atoms with Crippen molar-refractivity contribution < 1.29 is 17.9 Å². The number of rotatable bonds is 7. The van der Waals surface area contributed by atoms with Crippen molar-refractivity contribution in [1.29, 1.82) is 0 Å². The van der Waals surface area contributed by atoms with Gasteiger partial charge < -0.3 is 4.74 Å². The number of alkyl halides is 3. The molecule has 1 aliphatic carbocycles. The van der Waals surface area contributed by atoms with Crippen molar-refractivity contribution in [1.82, 2.24) is 0 Å². The first-order valence-electron chi connectivity index (χ1n) is 9.37. The molecule has 1 aromatic carbocycles. The molecule has 1 aliphatic rings. The van der Waals surface area contributed by atoms with E-state index in [0.29, 0.717) is 5.92 Å². The molecular weight excluding hydrogens is 325 g/mol. The second kappa shape index (κ2) is 9.30. The van der Waals surface area contributed by atoms with Gasteiger partial charge >= 0.3 is 6.36 Å². The van der Waals surface area contributed by atoms with E-state index in [2.05, 4.69) is 24.7 Å². The highest BCUT2D eigenvalue weighted by Gasteiger charge is 2.30. The average molecular weight is 354 g/mol. The SMILES string of the molecule is CCCC1CCC(C=C(C)CCc2ccc(OC(F)(F)F)cc2)CC1. The van der Waals surface area contributed by atoms with Crippen LogP contribution in [0.5, 0.6) is 5.75 Å². The maximum atomic E-state index is 12.2. The quantitative estimate of drug-likeness (QED) is 0.476. The summed E-state index contributed by atoms with van der Waals surface area (Å²) in [5, 5.41) is 0. The zero-order chi connectivity index (χ0) is 18.3. The van der Waals surface area contributed by atoms with Gasteiger partial charge in [-0.25, -0.2) is 0 Å². The Morgan fingerprint density at radius 1 is 1.12 bits per heavy atom. The standard InChI is InChI=1S/C21H29F3O/c1-3-4-17-7-9-19(10-8-17)15-16(2)5-6-18-11-13-20(14-12-18)25-21(22,23)24/h11-15,17,19H,3-10H2,1-2H3. The minimum absolute atomic E-state index is 0.160. The van der Waals surface area contributed by atoms with Crippen LogP contribution in [0.25, 0.3) is 0 Å². The van der Waals surface area contributed by atoms with Crippen LogP contribution >= 0.6 is 0 Å². The molecule has 0 radical (unpaired) electrons. The first-order valence-corrected chi connectivity index (χ1v) is 9.37. The molecule has 140 valence electrons. The van der Waals surface area contributed by atoms with Gasteiger partial charge in [0.1, 0.15) is 5.75 Å². The van der Waals surface area contributed by atoms with Gasteiger partial charge in [-0.3, -0.25) is 0 Å². The van der Waals surface area contributed by atoms with Gasteiger partial charge in [-0.1, -0.05) is 43.5 Å². The topological polar surface area (TPSA) is 9.23 Å². The summed E-state index contributed by atoms with van der Waals surface area (Å²) in [6.07, 6.45) is 7.54. The van der Waals surface area contributed by atoms with E-state index < -0.39 is 6.36 Å². The average Bonchev–Trinajstić information content (AvgIpc) is 2.55. The highest BCUT2D eigenvalue weighted by atomic mass is 19.4. The smallest absolute Gasteiger partial charge is 0.406 e. The second-order valence-corrected chi connectivity index (χ2v) is 7.27. The molecule has 2 rings (SSSR count). The van der Waals surface area contributed by atoms with Gasteiger partial charge in [-0.2, -0.15) is 0 Å². The third-order valence-corrected chi connectivity index (χ3v) is 5.07. The van der Waals surface area contributed by atoms with Crippen LogP contribution in [0.15, 0.2) is 35.9 Å². The molecule has 25 heavy (non-hydrogen) atoms. The van der Waals surface area contributed by atoms with E-state index in [0.717, 1.165) is 24.3 Å². The van der Waals surface area contributed by atoms with Crippen molar-refractivity contribution in [2.75, 3.05) is 0 Å². The molecule has 0 N–H and O–H groups in total. The lowest BCUT2D eigenvalue weighted by Crippen LogP contribution is -2.17. The Kier molecular flexibility index (Phi) is 7.39. The molecule has 1 nitrogen and oxygen atoms in total. The predicted molar refractivity (Wildman–Crippen MR) is 95.6 cm³/mol. The monoisotopic (exact) mass is 354 g/mol. The van der Waals surface area contributed by atoms with E-state index in [4.69, 9.17) is 0 Å². The van der Waals surface area contributed by atoms with Crippen LogP contribution in [0.2, 0.25) is 0 Å². The molecule has 1 fully saturated rings. The number of ether oxygens (including phenoxy) is 1. The molecule has 0 unspecified atom stereocenters. The van der Waals surface area contributed by atoms with Gasteiger partial charge in [-0.05, 0) is 75.0 Å². The Labute approximate surface area is 149 Å². The van der Waals surface area contributed by atoms with Gasteiger partial charge in [0, 0.05) is 0 Å². The fourth-order valence-corrected chi connectivity index (χ4v) is 3.74. The summed E-state index contributed by atoms with van der Waals surface area (Å²) in [6.45, 7) is 4.43. The van der Waals surface area contributed by atoms with E-state index in [-0.39, 0.29) is 5.75 Å². The fourth-order valence-electron chi connectivity index (χ4n) is 3.74. The van der Waals surface area contributed by atoms with Gasteiger partial charge in [0.25, 0.3) is 0 Å². The van der Waals surface area contributed by atoms with Crippen LogP contribution in [-0.2, 0) is 6.42 Å². The van der Waals surface area contributed by atoms with Crippen molar-refractivity contribution >= 4 is 0 Å². The van der Waals surface area contributed by atoms with Crippen molar-refractivity contribution in [3.8, 4) is 5.75 Å². The first kappa shape index (κ1) is 19.9. The summed E-state index contributed by atoms with van der Waals surface area (Å²) in [5.41, 5.74) is 2.42. The third kappa shape index (κ3) is 7.54. The van der Waals surface area contributed by atoms with E-state index in [1.54, 1.807) is 12.1 Å². The van der Waals surface area contributed by atoms with E-state index in [1.807, 2.05) is 0 Å². The van der Waals surface area contributed by atoms with E-state index in [9.17, 15) is 13.2 Å². The zero-order valence-electron chi connectivity index (χ0n) is 15.2. The summed E-state index contributed by atoms with van der Waals surface area (Å²) >= 11 is 0. The Morgan fingerprint density at radius 2 is 1.76 bits per heavy atom. The molecule has 0 bridgehead atoms. The molecule has 1 saturated carbocycles. The molecule has 0 aliphatic heterocycles. The number of halogens is 3. The largest absolute Gasteiger partial charge is 0.573 e. The molecule has 0 heterocycles. The van der Waals surface area contributed by atoms with Crippen LogP contribution in [0.3, 0.4) is 0 Å². The lowest BCUT2D eigenvalue weighted by molar-refractivity contribution is -0.274. The molecule has 0 atom stereocenters. The predicted octanol–water partition coefficient (Wildman–Crippen LogP) is 7.07. The first-order chi connectivity index (χ1) is 11.9. The van der Waals surface area contributed by atoms with Crippen molar-refractivity contribution in [2.24, 2.45) is 11.8 Å². The second-order valence-electron chi connectivity index (χ2n) is 7.27. The minimum atomic E-state index is -4.63. The zero-order valence-corrected chi connectivity index (χ0v) is 15.2. The molecular formula is C21H29F3O. The Morgan fingerprint density at radius 3 is 2.32 bits per heavy atom. The maximum absolute atomic E-state index is 12.2. The minimum Gasteiger partial charge on any atom is -0.406 e. The Hall–Kier alpha value is -1.45.